The lowest BCUT2D eigenvalue weighted by atomic mass is 10.1. The summed E-state index contributed by atoms with van der Waals surface area (Å²) in [6.07, 6.45) is 0. The molecule has 0 spiro atoms. The standard InChI is InChI=1S/C11H10F2N2O2/c1-6(11(16)17)5-15-10-8(12)2-7(4-14)3-9(10)13/h2-3,6,15H,5H2,1H3,(H,16,17). The third-order valence-corrected chi connectivity index (χ3v) is 2.18. The number of hydrogen-bond acceptors (Lipinski definition) is 3. The molecule has 1 atom stereocenters. The Hall–Kier alpha value is -2.16. The summed E-state index contributed by atoms with van der Waals surface area (Å²) in [6, 6.07) is 3.39. The smallest absolute Gasteiger partial charge is 0.308 e. The number of nitriles is 1. The van der Waals surface area contributed by atoms with Gasteiger partial charge in [0.2, 0.25) is 0 Å². The Morgan fingerprint density at radius 2 is 2.06 bits per heavy atom. The van der Waals surface area contributed by atoms with Crippen LogP contribution in [0.1, 0.15) is 12.5 Å². The minimum absolute atomic E-state index is 0.102. The molecule has 17 heavy (non-hydrogen) atoms. The van der Waals surface area contributed by atoms with Gasteiger partial charge in [0.1, 0.15) is 5.69 Å². The second-order valence-electron chi connectivity index (χ2n) is 3.55. The topological polar surface area (TPSA) is 73.1 Å². The fourth-order valence-electron chi connectivity index (χ4n) is 1.15. The summed E-state index contributed by atoms with van der Waals surface area (Å²) in [5, 5.41) is 19.5. The second-order valence-corrected chi connectivity index (χ2v) is 3.55. The largest absolute Gasteiger partial charge is 0.481 e. The Morgan fingerprint density at radius 3 is 2.47 bits per heavy atom. The van der Waals surface area contributed by atoms with Crippen LogP contribution in [0.5, 0.6) is 0 Å². The molecule has 0 radical (unpaired) electrons. The molecule has 2 N–H and O–H groups in total. The minimum Gasteiger partial charge on any atom is -0.481 e. The van der Waals surface area contributed by atoms with Gasteiger partial charge in [0.05, 0.1) is 17.6 Å². The zero-order chi connectivity index (χ0) is 13.0. The summed E-state index contributed by atoms with van der Waals surface area (Å²) >= 11 is 0. The van der Waals surface area contributed by atoms with Gasteiger partial charge in [-0.2, -0.15) is 5.26 Å². The monoisotopic (exact) mass is 240 g/mol. The summed E-state index contributed by atoms with van der Waals surface area (Å²) < 4.78 is 26.7. The Bertz CT molecular complexity index is 460. The number of carbonyl (C=O) groups is 1. The van der Waals surface area contributed by atoms with Crippen molar-refractivity contribution < 1.29 is 18.7 Å². The number of anilines is 1. The van der Waals surface area contributed by atoms with Gasteiger partial charge in [-0.05, 0) is 12.1 Å². The molecule has 1 aromatic carbocycles. The number of carboxylic acid groups (broad SMARTS) is 1. The van der Waals surface area contributed by atoms with Crippen molar-refractivity contribution in [1.82, 2.24) is 0 Å². The molecule has 4 nitrogen and oxygen atoms in total. The minimum atomic E-state index is -1.06. The van der Waals surface area contributed by atoms with E-state index < -0.39 is 29.2 Å². The number of benzene rings is 1. The van der Waals surface area contributed by atoms with E-state index in [1.807, 2.05) is 0 Å². The molecule has 90 valence electrons. The number of nitrogens with one attached hydrogen (secondary N) is 1. The van der Waals surface area contributed by atoms with Gasteiger partial charge in [0, 0.05) is 6.54 Å². The number of rotatable bonds is 4. The van der Waals surface area contributed by atoms with Crippen LogP contribution >= 0.6 is 0 Å². The highest BCUT2D eigenvalue weighted by Crippen LogP contribution is 2.20. The molecule has 6 heteroatoms. The van der Waals surface area contributed by atoms with Crippen LogP contribution < -0.4 is 5.32 Å². The first-order chi connectivity index (χ1) is 7.95. The number of carboxylic acids is 1. The van der Waals surface area contributed by atoms with Crippen LogP contribution in [0.2, 0.25) is 0 Å². The molecule has 1 unspecified atom stereocenters. The molecular weight excluding hydrogens is 230 g/mol. The maximum Gasteiger partial charge on any atom is 0.308 e. The Labute approximate surface area is 96.5 Å². The van der Waals surface area contributed by atoms with Crippen LogP contribution in [0.4, 0.5) is 14.5 Å². The van der Waals surface area contributed by atoms with E-state index in [2.05, 4.69) is 5.32 Å². The molecule has 0 bridgehead atoms. The summed E-state index contributed by atoms with van der Waals surface area (Å²) in [5.41, 5.74) is -0.547. The second kappa shape index (κ2) is 5.25. The third-order valence-electron chi connectivity index (χ3n) is 2.18. The molecule has 1 rings (SSSR count). The summed E-state index contributed by atoms with van der Waals surface area (Å²) in [5.74, 6) is -3.67. The zero-order valence-corrected chi connectivity index (χ0v) is 9.00. The van der Waals surface area contributed by atoms with Gasteiger partial charge in [-0.25, -0.2) is 8.78 Å². The fourth-order valence-corrected chi connectivity index (χ4v) is 1.15. The van der Waals surface area contributed by atoms with Crippen molar-refractivity contribution in [1.29, 1.82) is 5.26 Å². The molecule has 0 saturated heterocycles. The van der Waals surface area contributed by atoms with Gasteiger partial charge in [-0.3, -0.25) is 4.79 Å². The predicted octanol–water partition coefficient (Wildman–Crippen LogP) is 1.97. The van der Waals surface area contributed by atoms with Crippen LogP contribution in [-0.4, -0.2) is 17.6 Å². The summed E-state index contributed by atoms with van der Waals surface area (Å²) in [6.45, 7) is 1.31. The van der Waals surface area contributed by atoms with Gasteiger partial charge in [0.15, 0.2) is 11.6 Å². The van der Waals surface area contributed by atoms with Crippen LogP contribution in [0.3, 0.4) is 0 Å². The Morgan fingerprint density at radius 1 is 1.53 bits per heavy atom. The van der Waals surface area contributed by atoms with Gasteiger partial charge < -0.3 is 10.4 Å². The summed E-state index contributed by atoms with van der Waals surface area (Å²) in [4.78, 5) is 10.5. The SMILES string of the molecule is CC(CNc1c(F)cc(C#N)cc1F)C(=O)O. The van der Waals surface area contributed by atoms with Gasteiger partial charge in [-0.15, -0.1) is 0 Å². The molecule has 0 heterocycles. The number of nitrogens with zero attached hydrogens (tertiary/aromatic N) is 1. The molecule has 0 saturated carbocycles. The summed E-state index contributed by atoms with van der Waals surface area (Å²) in [7, 11) is 0. The quantitative estimate of drug-likeness (QED) is 0.843. The molecule has 0 amide bonds. The molecule has 0 aliphatic heterocycles. The van der Waals surface area contributed by atoms with Crippen LogP contribution in [0.15, 0.2) is 12.1 Å². The van der Waals surface area contributed by atoms with Crippen LogP contribution in [-0.2, 0) is 4.79 Å². The highest BCUT2D eigenvalue weighted by atomic mass is 19.1. The molecule has 0 aliphatic carbocycles. The van der Waals surface area contributed by atoms with Crippen molar-refractivity contribution in [3.05, 3.63) is 29.3 Å². The first-order valence-corrected chi connectivity index (χ1v) is 4.81. The van der Waals surface area contributed by atoms with E-state index in [-0.39, 0.29) is 12.1 Å². The van der Waals surface area contributed by atoms with E-state index >= 15 is 0 Å². The highest BCUT2D eigenvalue weighted by Gasteiger charge is 2.15. The van der Waals surface area contributed by atoms with E-state index in [0.29, 0.717) is 0 Å². The van der Waals surface area contributed by atoms with Gasteiger partial charge in [0.25, 0.3) is 0 Å². The van der Waals surface area contributed by atoms with E-state index in [1.54, 1.807) is 6.07 Å². The highest BCUT2D eigenvalue weighted by molar-refractivity contribution is 5.70. The lowest BCUT2D eigenvalue weighted by Crippen LogP contribution is -2.20. The molecule has 1 aromatic rings. The predicted molar refractivity (Wildman–Crippen MR) is 56.4 cm³/mol. The fraction of sp³-hybridized carbons (Fsp3) is 0.273. The number of aliphatic carboxylic acids is 1. The maximum atomic E-state index is 13.3. The maximum absolute atomic E-state index is 13.3. The average Bonchev–Trinajstić information content (AvgIpc) is 2.27. The third kappa shape index (κ3) is 3.14. The normalized spacial score (nSPS) is 11.6. The van der Waals surface area contributed by atoms with Crippen LogP contribution in [0.25, 0.3) is 0 Å². The molecular formula is C11H10F2N2O2. The average molecular weight is 240 g/mol. The lowest BCUT2D eigenvalue weighted by Gasteiger charge is -2.11. The van der Waals surface area contributed by atoms with Gasteiger partial charge in [-0.1, -0.05) is 6.92 Å². The molecule has 0 fully saturated rings. The Kier molecular flexibility index (Phi) is 3.99. The van der Waals surface area contributed by atoms with Crippen molar-refractivity contribution in [3.8, 4) is 6.07 Å². The lowest BCUT2D eigenvalue weighted by molar-refractivity contribution is -0.140. The van der Waals surface area contributed by atoms with Crippen molar-refractivity contribution >= 4 is 11.7 Å². The Balaban J connectivity index is 2.86. The van der Waals surface area contributed by atoms with Crippen molar-refractivity contribution in [2.75, 3.05) is 11.9 Å². The molecule has 0 aliphatic rings. The van der Waals surface area contributed by atoms with Crippen molar-refractivity contribution in [2.24, 2.45) is 5.92 Å². The van der Waals surface area contributed by atoms with E-state index in [4.69, 9.17) is 10.4 Å². The zero-order valence-electron chi connectivity index (χ0n) is 9.00. The van der Waals surface area contributed by atoms with E-state index in [0.717, 1.165) is 12.1 Å². The van der Waals surface area contributed by atoms with E-state index in [9.17, 15) is 13.6 Å². The number of halogens is 2. The first kappa shape index (κ1) is 12.9. The number of hydrogen-bond donors (Lipinski definition) is 2. The molecule has 0 aromatic heterocycles. The van der Waals surface area contributed by atoms with Crippen LogP contribution in [0, 0.1) is 28.9 Å². The van der Waals surface area contributed by atoms with Crippen molar-refractivity contribution in [2.45, 2.75) is 6.92 Å². The van der Waals surface area contributed by atoms with Crippen molar-refractivity contribution in [3.63, 3.8) is 0 Å². The first-order valence-electron chi connectivity index (χ1n) is 4.81. The van der Waals surface area contributed by atoms with E-state index in [1.165, 1.54) is 6.92 Å². The van der Waals surface area contributed by atoms with Gasteiger partial charge >= 0.3 is 5.97 Å².